The zero-order chi connectivity index (χ0) is 18.6. The molecule has 26 heavy (non-hydrogen) atoms. The number of nitrogens with zero attached hydrogens (tertiary/aromatic N) is 2. The van der Waals surface area contributed by atoms with Gasteiger partial charge in [0, 0.05) is 44.2 Å². The predicted octanol–water partition coefficient (Wildman–Crippen LogP) is 2.30. The first-order valence-corrected chi connectivity index (χ1v) is 9.92. The summed E-state index contributed by atoms with van der Waals surface area (Å²) in [5.74, 6) is 2.33. The molecule has 0 aromatic carbocycles. The van der Waals surface area contributed by atoms with Gasteiger partial charge in [-0.15, -0.1) is 0 Å². The van der Waals surface area contributed by atoms with Gasteiger partial charge in [0.1, 0.15) is 5.76 Å². The van der Waals surface area contributed by atoms with Crippen molar-refractivity contribution in [2.45, 2.75) is 53.0 Å². The molecule has 1 atom stereocenters. The number of rotatable bonds is 11. The molecule has 7 heteroatoms. The molecule has 1 aromatic rings. The summed E-state index contributed by atoms with van der Waals surface area (Å²) in [6.07, 6.45) is 3.77. The summed E-state index contributed by atoms with van der Waals surface area (Å²) in [7, 11) is 0. The Labute approximate surface area is 156 Å². The van der Waals surface area contributed by atoms with Gasteiger partial charge in [-0.1, -0.05) is 19.0 Å². The van der Waals surface area contributed by atoms with E-state index < -0.39 is 0 Å². The fourth-order valence-electron chi connectivity index (χ4n) is 2.96. The minimum Gasteiger partial charge on any atom is -0.381 e. The van der Waals surface area contributed by atoms with E-state index in [-0.39, 0.29) is 0 Å². The fraction of sp³-hybridized carbons (Fsp3) is 0.789. The van der Waals surface area contributed by atoms with E-state index in [0.717, 1.165) is 88.2 Å². The maximum Gasteiger partial charge on any atom is 0.191 e. The summed E-state index contributed by atoms with van der Waals surface area (Å²) in [6, 6.07) is 0. The number of nitrogens with one attached hydrogen (secondary N) is 2. The lowest BCUT2D eigenvalue weighted by Crippen LogP contribution is -2.38. The van der Waals surface area contributed by atoms with Crippen molar-refractivity contribution in [2.75, 3.05) is 39.5 Å². The molecule has 1 aliphatic heterocycles. The summed E-state index contributed by atoms with van der Waals surface area (Å²) in [4.78, 5) is 4.69. The van der Waals surface area contributed by atoms with Crippen molar-refractivity contribution in [1.82, 2.24) is 15.8 Å². The third-order valence-electron chi connectivity index (χ3n) is 4.48. The van der Waals surface area contributed by atoms with Crippen LogP contribution in [0.3, 0.4) is 0 Å². The van der Waals surface area contributed by atoms with Crippen LogP contribution in [0.25, 0.3) is 0 Å². The molecule has 0 saturated carbocycles. The molecule has 1 saturated heterocycles. The maximum absolute atomic E-state index is 5.74. The van der Waals surface area contributed by atoms with Crippen molar-refractivity contribution >= 4 is 5.96 Å². The summed E-state index contributed by atoms with van der Waals surface area (Å²) in [5.41, 5.74) is 2.13. The molecule has 1 aliphatic rings. The molecule has 0 spiro atoms. The van der Waals surface area contributed by atoms with Crippen LogP contribution in [0.1, 0.15) is 50.6 Å². The average molecular weight is 367 g/mol. The molecule has 2 N–H and O–H groups in total. The quantitative estimate of drug-likeness (QED) is 0.355. The van der Waals surface area contributed by atoms with E-state index in [2.05, 4.69) is 36.6 Å². The van der Waals surface area contributed by atoms with E-state index in [0.29, 0.717) is 12.5 Å². The summed E-state index contributed by atoms with van der Waals surface area (Å²) >= 11 is 0. The minimum absolute atomic E-state index is 0.575. The molecule has 0 aliphatic carbocycles. The highest BCUT2D eigenvalue weighted by atomic mass is 16.5. The van der Waals surface area contributed by atoms with Gasteiger partial charge in [0.25, 0.3) is 0 Å². The van der Waals surface area contributed by atoms with Gasteiger partial charge in [0.2, 0.25) is 0 Å². The number of hydrogen-bond donors (Lipinski definition) is 2. The van der Waals surface area contributed by atoms with Crippen molar-refractivity contribution in [3.05, 3.63) is 17.0 Å². The lowest BCUT2D eigenvalue weighted by Gasteiger charge is -2.12. The zero-order valence-corrected chi connectivity index (χ0v) is 16.5. The summed E-state index contributed by atoms with van der Waals surface area (Å²) in [5, 5.41) is 10.8. The molecule has 1 aromatic heterocycles. The van der Waals surface area contributed by atoms with Gasteiger partial charge in [-0.3, -0.25) is 0 Å². The van der Waals surface area contributed by atoms with Gasteiger partial charge in [-0.2, -0.15) is 0 Å². The summed E-state index contributed by atoms with van der Waals surface area (Å²) < 4.78 is 16.5. The first-order valence-electron chi connectivity index (χ1n) is 9.92. The van der Waals surface area contributed by atoms with Crippen LogP contribution in [-0.2, 0) is 28.9 Å². The van der Waals surface area contributed by atoms with E-state index in [1.165, 1.54) is 0 Å². The Morgan fingerprint density at radius 3 is 2.85 bits per heavy atom. The first-order chi connectivity index (χ1) is 12.8. The van der Waals surface area contributed by atoms with Crippen molar-refractivity contribution in [3.63, 3.8) is 0 Å². The number of aromatic nitrogens is 1. The highest BCUT2D eigenvalue weighted by molar-refractivity contribution is 5.79. The van der Waals surface area contributed by atoms with Crippen LogP contribution >= 0.6 is 0 Å². The Kier molecular flexibility index (Phi) is 9.48. The SMILES string of the molecule is CCNC(=NCc1c(CC)noc1CC)NCCCOCC1CCOC1. The third-order valence-corrected chi connectivity index (χ3v) is 4.48. The lowest BCUT2D eigenvalue weighted by molar-refractivity contribution is 0.0888. The maximum atomic E-state index is 5.74. The second-order valence-corrected chi connectivity index (χ2v) is 6.52. The van der Waals surface area contributed by atoms with Gasteiger partial charge in [-0.25, -0.2) is 4.99 Å². The Balaban J connectivity index is 1.73. The lowest BCUT2D eigenvalue weighted by atomic mass is 10.1. The average Bonchev–Trinajstić information content (AvgIpc) is 3.31. The van der Waals surface area contributed by atoms with Crippen LogP contribution in [0, 0.1) is 5.92 Å². The van der Waals surface area contributed by atoms with E-state index in [4.69, 9.17) is 19.0 Å². The van der Waals surface area contributed by atoms with Gasteiger partial charge in [0.15, 0.2) is 5.96 Å². The highest BCUT2D eigenvalue weighted by Gasteiger charge is 2.15. The normalized spacial score (nSPS) is 17.7. The molecule has 0 radical (unpaired) electrons. The third kappa shape index (κ3) is 6.61. The van der Waals surface area contributed by atoms with Crippen molar-refractivity contribution < 1.29 is 14.0 Å². The number of ether oxygens (including phenoxy) is 2. The van der Waals surface area contributed by atoms with E-state index in [9.17, 15) is 0 Å². The standard InChI is InChI=1S/C19H34N4O3/c1-4-17-16(18(5-2)26-23-17)12-22-19(20-6-3)21-9-7-10-24-13-15-8-11-25-14-15/h15H,4-14H2,1-3H3,(H2,20,21,22). The molecule has 148 valence electrons. The molecule has 0 bridgehead atoms. The van der Waals surface area contributed by atoms with Crippen molar-refractivity contribution in [1.29, 1.82) is 0 Å². The number of hydrogen-bond acceptors (Lipinski definition) is 5. The summed E-state index contributed by atoms with van der Waals surface area (Å²) in [6.45, 7) is 11.8. The van der Waals surface area contributed by atoms with Crippen molar-refractivity contribution in [3.8, 4) is 0 Å². The molecule has 1 fully saturated rings. The molecule has 0 amide bonds. The van der Waals surface area contributed by atoms with Crippen LogP contribution in [0.2, 0.25) is 0 Å². The molecular weight excluding hydrogens is 332 g/mol. The molecule has 1 unspecified atom stereocenters. The Morgan fingerprint density at radius 2 is 2.15 bits per heavy atom. The van der Waals surface area contributed by atoms with Gasteiger partial charge in [-0.05, 0) is 26.2 Å². The number of aryl methyl sites for hydroxylation is 2. The van der Waals surface area contributed by atoms with Crippen LogP contribution in [0.15, 0.2) is 9.52 Å². The van der Waals surface area contributed by atoms with Gasteiger partial charge >= 0.3 is 0 Å². The molecule has 2 rings (SSSR count). The van der Waals surface area contributed by atoms with Crippen LogP contribution in [0.4, 0.5) is 0 Å². The molecule has 7 nitrogen and oxygen atoms in total. The highest BCUT2D eigenvalue weighted by Crippen LogP contribution is 2.16. The fourth-order valence-corrected chi connectivity index (χ4v) is 2.96. The second-order valence-electron chi connectivity index (χ2n) is 6.52. The largest absolute Gasteiger partial charge is 0.381 e. The monoisotopic (exact) mass is 366 g/mol. The van der Waals surface area contributed by atoms with E-state index in [1.54, 1.807) is 0 Å². The zero-order valence-electron chi connectivity index (χ0n) is 16.5. The van der Waals surface area contributed by atoms with Crippen molar-refractivity contribution in [2.24, 2.45) is 10.9 Å². The van der Waals surface area contributed by atoms with Crippen LogP contribution in [-0.4, -0.2) is 50.6 Å². The Morgan fingerprint density at radius 1 is 1.27 bits per heavy atom. The number of guanidine groups is 1. The first kappa shape index (κ1) is 20.7. The smallest absolute Gasteiger partial charge is 0.191 e. The van der Waals surface area contributed by atoms with Gasteiger partial charge in [0.05, 0.1) is 25.5 Å². The van der Waals surface area contributed by atoms with E-state index >= 15 is 0 Å². The minimum atomic E-state index is 0.575. The van der Waals surface area contributed by atoms with Crippen LogP contribution < -0.4 is 10.6 Å². The number of aliphatic imine (C=N–C) groups is 1. The Hall–Kier alpha value is -1.60. The molecule has 2 heterocycles. The predicted molar refractivity (Wildman–Crippen MR) is 102 cm³/mol. The van der Waals surface area contributed by atoms with Crippen LogP contribution in [0.5, 0.6) is 0 Å². The molecular formula is C19H34N4O3. The second kappa shape index (κ2) is 11.9. The van der Waals surface area contributed by atoms with Gasteiger partial charge < -0.3 is 24.6 Å². The van der Waals surface area contributed by atoms with E-state index in [1.807, 2.05) is 0 Å². The Bertz CT molecular complexity index is 517. The topological polar surface area (TPSA) is 80.9 Å².